The van der Waals surface area contributed by atoms with E-state index in [0.29, 0.717) is 75.6 Å². The molecule has 0 unspecified atom stereocenters. The zero-order valence-corrected chi connectivity index (χ0v) is 34.8. The molecule has 8 nitrogen and oxygen atoms in total. The molecule has 2 amide bonds. The first-order valence-corrected chi connectivity index (χ1v) is 20.7. The Morgan fingerprint density at radius 2 is 1.81 bits per heavy atom. The van der Waals surface area contributed by atoms with Crippen LogP contribution in [0.15, 0.2) is 94.9 Å². The van der Waals surface area contributed by atoms with Gasteiger partial charge >= 0.3 is 12.2 Å². The Hall–Kier alpha value is -4.42. The van der Waals surface area contributed by atoms with E-state index in [2.05, 4.69) is 11.4 Å². The van der Waals surface area contributed by atoms with E-state index in [9.17, 15) is 33.0 Å². The second kappa shape index (κ2) is 18.5. The molecular weight excluding hydrogens is 781 g/mol. The van der Waals surface area contributed by atoms with Crippen molar-refractivity contribution in [2.75, 3.05) is 26.8 Å². The lowest BCUT2D eigenvalue weighted by Gasteiger charge is -2.46. The van der Waals surface area contributed by atoms with Crippen LogP contribution in [-0.4, -0.2) is 65.4 Å². The molecule has 59 heavy (non-hydrogen) atoms. The van der Waals surface area contributed by atoms with Crippen LogP contribution in [0.5, 0.6) is 0 Å². The lowest BCUT2D eigenvalue weighted by atomic mass is 9.64. The number of carbonyl (C=O) groups is 2. The minimum atomic E-state index is -4.61. The SMILES string of the molecule is COCCCN(C[C@]1(O)CC[C@H]2c3ccc(cc3C(=O)c3ccc(-c4cc(C(F)(F)F)ccc4Cl)o3)C[C@@H](O)CCC(C)=CCC[C@@]21C)C(=O)N[C@H](C)c1ccccc1. The number of alkyl halides is 3. The molecule has 0 saturated heterocycles. The number of benzene rings is 3. The zero-order chi connectivity index (χ0) is 42.5. The number of fused-ring (bicyclic) bond motifs is 8. The van der Waals surface area contributed by atoms with Gasteiger partial charge in [0.1, 0.15) is 5.76 Å². The largest absolute Gasteiger partial charge is 0.453 e. The van der Waals surface area contributed by atoms with Gasteiger partial charge in [-0.1, -0.05) is 72.6 Å². The van der Waals surface area contributed by atoms with Gasteiger partial charge in [-0.2, -0.15) is 13.2 Å². The quantitative estimate of drug-likeness (QED) is 0.0788. The first-order chi connectivity index (χ1) is 28.0. The lowest BCUT2D eigenvalue weighted by Crippen LogP contribution is -2.55. The molecule has 5 atom stereocenters. The van der Waals surface area contributed by atoms with Crippen molar-refractivity contribution in [3.8, 4) is 11.3 Å². The molecule has 0 spiro atoms. The van der Waals surface area contributed by atoms with Crippen LogP contribution in [0.25, 0.3) is 11.3 Å². The first-order valence-electron chi connectivity index (χ1n) is 20.3. The van der Waals surface area contributed by atoms with E-state index in [0.717, 1.165) is 34.9 Å². The predicted octanol–water partition coefficient (Wildman–Crippen LogP) is 10.7. The lowest BCUT2D eigenvalue weighted by molar-refractivity contribution is -0.137. The Kier molecular flexibility index (Phi) is 13.8. The number of amides is 2. The van der Waals surface area contributed by atoms with Crippen molar-refractivity contribution in [3.05, 3.63) is 129 Å². The third kappa shape index (κ3) is 9.97. The number of rotatable bonds is 11. The van der Waals surface area contributed by atoms with Crippen molar-refractivity contribution in [2.24, 2.45) is 5.41 Å². The topological polar surface area (TPSA) is 112 Å². The van der Waals surface area contributed by atoms with E-state index < -0.39 is 34.6 Å². The highest BCUT2D eigenvalue weighted by Gasteiger charge is 2.57. The number of carbonyl (C=O) groups excluding carboxylic acids is 2. The van der Waals surface area contributed by atoms with Crippen molar-refractivity contribution in [2.45, 2.75) is 102 Å². The standard InChI is InChI=1S/C47H54ClF3N2O6/c1-30-10-8-22-45(3)39(21-23-46(45,57)29-53(24-9-25-58-4)44(56)52-31(2)33-11-6-5-7-12-33)36-17-14-32(26-35(54)16-13-30)27-37(36)43(55)42-20-19-41(59-42)38-28-34(47(49,50)51)15-18-40(38)48/h5-7,10-12,14-15,17-20,27-28,31,35,39,54,57H,8-9,13,16,21-26,29H2,1-4H3,(H,52,56)/t31-,35+,39+,45+,46-/m1/s1. The minimum Gasteiger partial charge on any atom is -0.453 e. The molecule has 1 heterocycles. The van der Waals surface area contributed by atoms with E-state index in [-0.39, 0.29) is 46.6 Å². The van der Waals surface area contributed by atoms with Gasteiger partial charge in [0.05, 0.1) is 34.9 Å². The van der Waals surface area contributed by atoms with Gasteiger partial charge in [-0.3, -0.25) is 4.79 Å². The number of ether oxygens (including phenoxy) is 1. The van der Waals surface area contributed by atoms with Gasteiger partial charge in [0.25, 0.3) is 0 Å². The van der Waals surface area contributed by atoms with Gasteiger partial charge in [-0.25, -0.2) is 4.79 Å². The molecule has 0 radical (unpaired) electrons. The first kappa shape index (κ1) is 44.1. The summed E-state index contributed by atoms with van der Waals surface area (Å²) in [7, 11) is 1.61. The molecule has 12 heteroatoms. The Morgan fingerprint density at radius 1 is 1.05 bits per heavy atom. The summed E-state index contributed by atoms with van der Waals surface area (Å²) in [5.41, 5.74) is 0.722. The van der Waals surface area contributed by atoms with Crippen LogP contribution >= 0.6 is 11.6 Å². The minimum absolute atomic E-state index is 0.00104. The van der Waals surface area contributed by atoms with Crippen molar-refractivity contribution in [3.63, 3.8) is 0 Å². The zero-order valence-electron chi connectivity index (χ0n) is 34.1. The number of hydrogen-bond donors (Lipinski definition) is 3. The van der Waals surface area contributed by atoms with Gasteiger partial charge in [-0.15, -0.1) is 0 Å². The predicted molar refractivity (Wildman–Crippen MR) is 222 cm³/mol. The number of methoxy groups -OCH3 is 1. The number of halogens is 4. The molecule has 2 bridgehead atoms. The number of furan rings is 1. The molecule has 3 aromatic carbocycles. The number of nitrogens with zero attached hydrogens (tertiary/aromatic N) is 1. The number of aliphatic hydroxyl groups is 2. The monoisotopic (exact) mass is 834 g/mol. The Morgan fingerprint density at radius 3 is 2.54 bits per heavy atom. The molecule has 0 aliphatic heterocycles. The molecule has 4 aromatic rings. The Balaban J connectivity index is 1.39. The fourth-order valence-corrected chi connectivity index (χ4v) is 9.10. The van der Waals surface area contributed by atoms with Crippen LogP contribution in [0.1, 0.15) is 116 Å². The molecule has 3 N–H and O–H groups in total. The van der Waals surface area contributed by atoms with Crippen molar-refractivity contribution >= 4 is 23.4 Å². The second-order valence-corrected chi connectivity index (χ2v) is 16.9. The molecule has 7 rings (SSSR count). The molecule has 316 valence electrons. The van der Waals surface area contributed by atoms with E-state index >= 15 is 0 Å². The highest BCUT2D eigenvalue weighted by atomic mass is 35.5. The van der Waals surface area contributed by atoms with E-state index in [1.807, 2.05) is 63.2 Å². The molecule has 1 saturated carbocycles. The normalized spacial score (nSPS) is 22.9. The van der Waals surface area contributed by atoms with Crippen LogP contribution in [0, 0.1) is 5.41 Å². The number of hydrogen-bond acceptors (Lipinski definition) is 6. The average molecular weight is 835 g/mol. The molecule has 3 aliphatic carbocycles. The molecule has 3 aliphatic rings. The van der Waals surface area contributed by atoms with Gasteiger partial charge in [0.15, 0.2) is 5.76 Å². The van der Waals surface area contributed by atoms with Crippen LogP contribution in [0.2, 0.25) is 5.02 Å². The van der Waals surface area contributed by atoms with Crippen molar-refractivity contribution in [1.82, 2.24) is 10.2 Å². The van der Waals surface area contributed by atoms with Crippen LogP contribution < -0.4 is 5.32 Å². The number of aliphatic hydroxyl groups excluding tert-OH is 1. The van der Waals surface area contributed by atoms with Gasteiger partial charge in [0.2, 0.25) is 5.78 Å². The molecule has 1 fully saturated rings. The van der Waals surface area contributed by atoms with E-state index in [1.165, 1.54) is 12.1 Å². The Labute approximate surface area is 349 Å². The maximum atomic E-state index is 14.6. The fraction of sp³-hybridized carbons (Fsp3) is 0.447. The summed E-state index contributed by atoms with van der Waals surface area (Å²) < 4.78 is 52.2. The summed E-state index contributed by atoms with van der Waals surface area (Å²) in [5.74, 6) is -0.908. The average Bonchev–Trinajstić information content (AvgIpc) is 3.79. The summed E-state index contributed by atoms with van der Waals surface area (Å²) in [6, 6.07) is 20.5. The third-order valence-corrected chi connectivity index (χ3v) is 12.8. The van der Waals surface area contributed by atoms with Crippen LogP contribution in [0.4, 0.5) is 18.0 Å². The van der Waals surface area contributed by atoms with Crippen LogP contribution in [-0.2, 0) is 17.3 Å². The highest BCUT2D eigenvalue weighted by molar-refractivity contribution is 6.33. The van der Waals surface area contributed by atoms with Crippen molar-refractivity contribution in [1.29, 1.82) is 0 Å². The smallest absolute Gasteiger partial charge is 0.416 e. The summed E-state index contributed by atoms with van der Waals surface area (Å²) in [5, 5.41) is 27.2. The number of urea groups is 1. The summed E-state index contributed by atoms with van der Waals surface area (Å²) >= 11 is 6.34. The van der Waals surface area contributed by atoms with E-state index in [4.69, 9.17) is 20.8 Å². The van der Waals surface area contributed by atoms with Gasteiger partial charge in [-0.05, 0) is 124 Å². The number of nitrogens with one attached hydrogen (secondary N) is 1. The summed E-state index contributed by atoms with van der Waals surface area (Å²) in [6.45, 7) is 6.84. The third-order valence-electron chi connectivity index (χ3n) is 12.5. The fourth-order valence-electron chi connectivity index (χ4n) is 8.89. The van der Waals surface area contributed by atoms with E-state index in [1.54, 1.807) is 18.1 Å². The van der Waals surface area contributed by atoms with Crippen molar-refractivity contribution < 1.29 is 42.1 Å². The van der Waals surface area contributed by atoms with Gasteiger partial charge in [0, 0.05) is 36.8 Å². The highest BCUT2D eigenvalue weighted by Crippen LogP contribution is 2.59. The van der Waals surface area contributed by atoms with Crippen LogP contribution in [0.3, 0.4) is 0 Å². The summed E-state index contributed by atoms with van der Waals surface area (Å²) in [6.07, 6.45) is 0.966. The second-order valence-electron chi connectivity index (χ2n) is 16.5. The number of allylic oxidation sites excluding steroid dienone is 2. The molecular formula is C47H54ClF3N2O6. The Bertz CT molecular complexity index is 2140. The maximum Gasteiger partial charge on any atom is 0.416 e. The summed E-state index contributed by atoms with van der Waals surface area (Å²) in [4.78, 5) is 30.4. The number of ketones is 1. The maximum absolute atomic E-state index is 14.6. The van der Waals surface area contributed by atoms with Gasteiger partial charge < -0.3 is 29.6 Å². The molecule has 1 aromatic heterocycles.